The summed E-state index contributed by atoms with van der Waals surface area (Å²) in [5.74, 6) is -0.626. The first kappa shape index (κ1) is 19.5. The van der Waals surface area contributed by atoms with Crippen molar-refractivity contribution in [3.8, 4) is 0 Å². The zero-order chi connectivity index (χ0) is 19.6. The lowest BCUT2D eigenvalue weighted by atomic mass is 9.95. The predicted molar refractivity (Wildman–Crippen MR) is 102 cm³/mol. The third kappa shape index (κ3) is 4.34. The third-order valence-corrected chi connectivity index (χ3v) is 5.05. The largest absolute Gasteiger partial charge is 0.384 e. The van der Waals surface area contributed by atoms with E-state index in [1.54, 1.807) is 12.1 Å². The topological polar surface area (TPSA) is 85.1 Å². The van der Waals surface area contributed by atoms with Crippen molar-refractivity contribution in [1.29, 1.82) is 0 Å². The molecule has 1 saturated carbocycles. The van der Waals surface area contributed by atoms with Gasteiger partial charge in [-0.1, -0.05) is 17.7 Å². The minimum absolute atomic E-state index is 0.0496. The maximum Gasteiger partial charge on any atom is 0.199 e. The molecule has 0 aliphatic heterocycles. The molecule has 1 aromatic heterocycles. The third-order valence-electron chi connectivity index (χ3n) is 4.74. The number of halogens is 2. The Morgan fingerprint density at radius 1 is 1.41 bits per heavy atom. The summed E-state index contributed by atoms with van der Waals surface area (Å²) in [6.07, 6.45) is 4.42. The minimum Gasteiger partial charge on any atom is -0.384 e. The van der Waals surface area contributed by atoms with Crippen LogP contribution in [0.3, 0.4) is 0 Å². The molecule has 2 atom stereocenters. The molecule has 0 amide bonds. The van der Waals surface area contributed by atoms with Crippen LogP contribution >= 0.6 is 11.6 Å². The monoisotopic (exact) mass is 389 g/mol. The van der Waals surface area contributed by atoms with E-state index < -0.39 is 11.6 Å². The number of nitrogen functional groups attached to an aromatic ring is 1. The van der Waals surface area contributed by atoms with Gasteiger partial charge >= 0.3 is 0 Å². The average Bonchev–Trinajstić information content (AvgIpc) is 3.46. The second-order valence-electron chi connectivity index (χ2n) is 6.91. The molecule has 142 valence electrons. The van der Waals surface area contributed by atoms with Gasteiger partial charge in [-0.2, -0.15) is 0 Å². The number of hydrogen-bond donors (Lipinski definition) is 2. The first-order valence-corrected chi connectivity index (χ1v) is 9.24. The number of aromatic nitrogens is 1. The summed E-state index contributed by atoms with van der Waals surface area (Å²) in [7, 11) is 0. The Bertz CT molecular complexity index is 853. The number of carbonyl (C=O) groups excluding carboxylic acids is 2. The van der Waals surface area contributed by atoms with Crippen molar-refractivity contribution < 1.29 is 14.0 Å². The summed E-state index contributed by atoms with van der Waals surface area (Å²) in [5, 5.41) is 3.36. The normalized spacial score (nSPS) is 16.0. The number of hydrogen-bond acceptors (Lipinski definition) is 5. The first-order chi connectivity index (χ1) is 12.9. The number of pyridine rings is 1. The molecule has 0 bridgehead atoms. The van der Waals surface area contributed by atoms with Crippen LogP contribution in [0.5, 0.6) is 0 Å². The second kappa shape index (κ2) is 8.15. The molecule has 5 nitrogen and oxygen atoms in total. The number of nitrogens with two attached hydrogens (primary N) is 1. The maximum atomic E-state index is 15.4. The standard InChI is InChI=1S/C20H21ClFN3O2/c1-11(8-9-26)25-19(12-2-3-12)14-5-6-15(21)17(18(14)22)20(27)13-4-7-16(23)24-10-13/h4-7,9-12,19,25H,2-3,8H2,1H3,(H2,23,24). The predicted octanol–water partition coefficient (Wildman–Crippen LogP) is 3.71. The van der Waals surface area contributed by atoms with E-state index in [-0.39, 0.29) is 40.0 Å². The Hall–Kier alpha value is -2.31. The second-order valence-corrected chi connectivity index (χ2v) is 7.32. The van der Waals surface area contributed by atoms with Crippen LogP contribution in [0.15, 0.2) is 30.5 Å². The highest BCUT2D eigenvalue weighted by molar-refractivity contribution is 6.35. The van der Waals surface area contributed by atoms with Crippen molar-refractivity contribution in [1.82, 2.24) is 10.3 Å². The Kier molecular flexibility index (Phi) is 5.87. The minimum atomic E-state index is -0.632. The molecule has 2 unspecified atom stereocenters. The lowest BCUT2D eigenvalue weighted by Gasteiger charge is -2.24. The fraction of sp³-hybridized carbons (Fsp3) is 0.350. The van der Waals surface area contributed by atoms with Crippen LogP contribution in [-0.2, 0) is 4.79 Å². The van der Waals surface area contributed by atoms with Gasteiger partial charge in [-0.25, -0.2) is 9.37 Å². The van der Waals surface area contributed by atoms with Gasteiger partial charge in [-0.05, 0) is 43.9 Å². The fourth-order valence-electron chi connectivity index (χ4n) is 3.13. The molecular formula is C20H21ClFN3O2. The van der Waals surface area contributed by atoms with Crippen molar-refractivity contribution in [3.63, 3.8) is 0 Å². The van der Waals surface area contributed by atoms with Gasteiger partial charge in [-0.3, -0.25) is 4.79 Å². The SMILES string of the molecule is CC(CC=O)NC(c1ccc(Cl)c(C(=O)c2ccc(N)nc2)c1F)C1CC1. The summed E-state index contributed by atoms with van der Waals surface area (Å²) in [6.45, 7) is 1.88. The van der Waals surface area contributed by atoms with Crippen molar-refractivity contribution in [3.05, 3.63) is 58.0 Å². The molecule has 0 saturated heterocycles. The van der Waals surface area contributed by atoms with E-state index in [9.17, 15) is 9.59 Å². The van der Waals surface area contributed by atoms with Gasteiger partial charge in [0.15, 0.2) is 5.78 Å². The molecule has 1 fully saturated rings. The zero-order valence-electron chi connectivity index (χ0n) is 14.9. The number of ketones is 1. The molecule has 27 heavy (non-hydrogen) atoms. The van der Waals surface area contributed by atoms with Gasteiger partial charge in [0.25, 0.3) is 0 Å². The molecule has 1 heterocycles. The summed E-state index contributed by atoms with van der Waals surface area (Å²) in [4.78, 5) is 27.5. The lowest BCUT2D eigenvalue weighted by Crippen LogP contribution is -2.33. The van der Waals surface area contributed by atoms with Crippen LogP contribution in [-0.4, -0.2) is 23.1 Å². The van der Waals surface area contributed by atoms with Crippen molar-refractivity contribution >= 4 is 29.5 Å². The summed E-state index contributed by atoms with van der Waals surface area (Å²) in [5.41, 5.74) is 5.98. The van der Waals surface area contributed by atoms with Crippen molar-refractivity contribution in [2.24, 2.45) is 5.92 Å². The number of nitrogens with one attached hydrogen (secondary N) is 1. The number of rotatable bonds is 8. The van der Waals surface area contributed by atoms with Crippen LogP contribution < -0.4 is 11.1 Å². The first-order valence-electron chi connectivity index (χ1n) is 8.86. The van der Waals surface area contributed by atoms with Gasteiger partial charge in [0.2, 0.25) is 0 Å². The molecule has 1 aromatic carbocycles. The zero-order valence-corrected chi connectivity index (χ0v) is 15.7. The highest BCUT2D eigenvalue weighted by Gasteiger charge is 2.36. The summed E-state index contributed by atoms with van der Waals surface area (Å²) in [6, 6.07) is 5.77. The van der Waals surface area contributed by atoms with Crippen LogP contribution in [0.1, 0.15) is 53.7 Å². The van der Waals surface area contributed by atoms with Crippen molar-refractivity contribution in [2.75, 3.05) is 5.73 Å². The fourth-order valence-corrected chi connectivity index (χ4v) is 3.36. The Morgan fingerprint density at radius 2 is 2.15 bits per heavy atom. The number of aldehydes is 1. The van der Waals surface area contributed by atoms with Gasteiger partial charge < -0.3 is 15.8 Å². The van der Waals surface area contributed by atoms with E-state index in [2.05, 4.69) is 10.3 Å². The molecule has 1 aliphatic carbocycles. The maximum absolute atomic E-state index is 15.4. The summed E-state index contributed by atoms with van der Waals surface area (Å²) < 4.78 is 15.4. The molecule has 0 spiro atoms. The summed E-state index contributed by atoms with van der Waals surface area (Å²) >= 11 is 6.16. The number of anilines is 1. The van der Waals surface area contributed by atoms with Crippen LogP contribution in [0, 0.1) is 11.7 Å². The van der Waals surface area contributed by atoms with E-state index in [0.717, 1.165) is 19.1 Å². The average molecular weight is 390 g/mol. The molecule has 0 radical (unpaired) electrons. The van der Waals surface area contributed by atoms with E-state index in [0.29, 0.717) is 12.0 Å². The number of nitrogens with zero attached hydrogens (tertiary/aromatic N) is 1. The number of carbonyl (C=O) groups is 2. The van der Waals surface area contributed by atoms with Crippen molar-refractivity contribution in [2.45, 2.75) is 38.3 Å². The van der Waals surface area contributed by atoms with Gasteiger partial charge in [-0.15, -0.1) is 0 Å². The molecule has 1 aliphatic rings. The van der Waals surface area contributed by atoms with Crippen LogP contribution in [0.2, 0.25) is 5.02 Å². The molecule has 7 heteroatoms. The van der Waals surface area contributed by atoms with Crippen LogP contribution in [0.4, 0.5) is 10.2 Å². The van der Waals surface area contributed by atoms with Gasteiger partial charge in [0.05, 0.1) is 10.6 Å². The Morgan fingerprint density at radius 3 is 2.74 bits per heavy atom. The van der Waals surface area contributed by atoms with Crippen LogP contribution in [0.25, 0.3) is 0 Å². The molecule has 3 N–H and O–H groups in total. The molecule has 2 aromatic rings. The Labute approximate surface area is 162 Å². The number of benzene rings is 1. The Balaban J connectivity index is 1.97. The molecule has 3 rings (SSSR count). The highest BCUT2D eigenvalue weighted by atomic mass is 35.5. The van der Waals surface area contributed by atoms with Gasteiger partial charge in [0, 0.05) is 35.8 Å². The smallest absolute Gasteiger partial charge is 0.199 e. The van der Waals surface area contributed by atoms with E-state index in [1.165, 1.54) is 18.3 Å². The van der Waals surface area contributed by atoms with E-state index in [1.807, 2.05) is 6.92 Å². The van der Waals surface area contributed by atoms with E-state index in [4.69, 9.17) is 17.3 Å². The van der Waals surface area contributed by atoms with Gasteiger partial charge in [0.1, 0.15) is 17.9 Å². The quantitative estimate of drug-likeness (QED) is 0.531. The highest BCUT2D eigenvalue weighted by Crippen LogP contribution is 2.43. The lowest BCUT2D eigenvalue weighted by molar-refractivity contribution is -0.108. The molecular weight excluding hydrogens is 369 g/mol. The van der Waals surface area contributed by atoms with E-state index >= 15 is 4.39 Å².